The first-order valence-corrected chi connectivity index (χ1v) is 6.87. The van der Waals surface area contributed by atoms with Crippen molar-refractivity contribution in [2.24, 2.45) is 0 Å². The van der Waals surface area contributed by atoms with E-state index in [2.05, 4.69) is 73.3 Å². The summed E-state index contributed by atoms with van der Waals surface area (Å²) in [6, 6.07) is 10.5. The van der Waals surface area contributed by atoms with Gasteiger partial charge in [0, 0.05) is 22.9 Å². The lowest BCUT2D eigenvalue weighted by atomic mass is 10.1. The summed E-state index contributed by atoms with van der Waals surface area (Å²) in [5, 5.41) is 3.44. The van der Waals surface area contributed by atoms with Gasteiger partial charge in [-0.15, -0.1) is 0 Å². The fourth-order valence-corrected chi connectivity index (χ4v) is 2.19. The lowest BCUT2D eigenvalue weighted by molar-refractivity contribution is 0.882. The van der Waals surface area contributed by atoms with Gasteiger partial charge in [-0.1, -0.05) is 28.1 Å². The van der Waals surface area contributed by atoms with E-state index in [9.17, 15) is 0 Å². The molecular formula is C13H12Br2N2. The maximum atomic E-state index is 4.04. The van der Waals surface area contributed by atoms with Gasteiger partial charge in [0.25, 0.3) is 0 Å². The Bertz CT molecular complexity index is 497. The standard InChI is InChI=1S/C13H12Br2N2/c1-9(10-2-4-11(14)5-3-10)17-13-6-7-16-8-12(13)15/h2-9H,1H3,(H,16,17). The van der Waals surface area contributed by atoms with Crippen LogP contribution in [0.1, 0.15) is 18.5 Å². The number of halogens is 2. The highest BCUT2D eigenvalue weighted by Gasteiger charge is 2.06. The highest BCUT2D eigenvalue weighted by molar-refractivity contribution is 9.10. The molecule has 0 fully saturated rings. The van der Waals surface area contributed by atoms with Gasteiger partial charge in [-0.3, -0.25) is 4.98 Å². The number of pyridine rings is 1. The van der Waals surface area contributed by atoms with E-state index in [0.29, 0.717) is 0 Å². The van der Waals surface area contributed by atoms with Gasteiger partial charge in [-0.05, 0) is 46.6 Å². The second-order valence-corrected chi connectivity index (χ2v) is 5.54. The van der Waals surface area contributed by atoms with Crippen molar-refractivity contribution in [1.29, 1.82) is 0 Å². The summed E-state index contributed by atoms with van der Waals surface area (Å²) in [5.41, 5.74) is 2.30. The zero-order valence-corrected chi connectivity index (χ0v) is 12.5. The average molecular weight is 356 g/mol. The van der Waals surface area contributed by atoms with E-state index in [0.717, 1.165) is 14.6 Å². The van der Waals surface area contributed by atoms with Crippen LogP contribution in [0.2, 0.25) is 0 Å². The van der Waals surface area contributed by atoms with Gasteiger partial charge in [0.15, 0.2) is 0 Å². The molecule has 1 atom stereocenters. The zero-order valence-electron chi connectivity index (χ0n) is 9.32. The molecule has 2 nitrogen and oxygen atoms in total. The number of rotatable bonds is 3. The van der Waals surface area contributed by atoms with Crippen molar-refractivity contribution < 1.29 is 0 Å². The topological polar surface area (TPSA) is 24.9 Å². The summed E-state index contributed by atoms with van der Waals surface area (Å²) in [4.78, 5) is 4.04. The molecule has 88 valence electrons. The number of anilines is 1. The predicted molar refractivity (Wildman–Crippen MR) is 78.1 cm³/mol. The summed E-state index contributed by atoms with van der Waals surface area (Å²) in [6.45, 7) is 2.14. The van der Waals surface area contributed by atoms with Crippen LogP contribution in [0.15, 0.2) is 51.7 Å². The molecule has 0 aliphatic rings. The molecule has 4 heteroatoms. The average Bonchev–Trinajstić information content (AvgIpc) is 2.33. The van der Waals surface area contributed by atoms with Crippen molar-refractivity contribution in [2.45, 2.75) is 13.0 Å². The van der Waals surface area contributed by atoms with Gasteiger partial charge in [0.2, 0.25) is 0 Å². The largest absolute Gasteiger partial charge is 0.378 e. The molecule has 1 unspecified atom stereocenters. The van der Waals surface area contributed by atoms with E-state index in [1.807, 2.05) is 6.07 Å². The van der Waals surface area contributed by atoms with Crippen LogP contribution >= 0.6 is 31.9 Å². The van der Waals surface area contributed by atoms with Crippen LogP contribution in [-0.2, 0) is 0 Å². The first kappa shape index (κ1) is 12.6. The van der Waals surface area contributed by atoms with Gasteiger partial charge in [-0.25, -0.2) is 0 Å². The van der Waals surface area contributed by atoms with Crippen LogP contribution < -0.4 is 5.32 Å². The minimum absolute atomic E-state index is 0.252. The van der Waals surface area contributed by atoms with Gasteiger partial charge in [0.1, 0.15) is 0 Å². The maximum Gasteiger partial charge on any atom is 0.0590 e. The lowest BCUT2D eigenvalue weighted by Crippen LogP contribution is -2.06. The van der Waals surface area contributed by atoms with Crippen LogP contribution in [0.4, 0.5) is 5.69 Å². The third-order valence-electron chi connectivity index (χ3n) is 2.51. The van der Waals surface area contributed by atoms with E-state index in [-0.39, 0.29) is 6.04 Å². The van der Waals surface area contributed by atoms with Crippen molar-refractivity contribution in [1.82, 2.24) is 4.98 Å². The molecule has 0 aliphatic heterocycles. The maximum absolute atomic E-state index is 4.04. The fourth-order valence-electron chi connectivity index (χ4n) is 1.56. The molecule has 0 aliphatic carbocycles. The molecule has 2 aromatic rings. The molecule has 1 N–H and O–H groups in total. The van der Waals surface area contributed by atoms with Crippen LogP contribution in [0.5, 0.6) is 0 Å². The van der Waals surface area contributed by atoms with Crippen molar-refractivity contribution in [2.75, 3.05) is 5.32 Å². The molecule has 1 aromatic carbocycles. The first-order chi connectivity index (χ1) is 8.16. The second kappa shape index (κ2) is 5.65. The number of nitrogens with zero attached hydrogens (tertiary/aromatic N) is 1. The number of benzene rings is 1. The van der Waals surface area contributed by atoms with E-state index in [1.54, 1.807) is 12.4 Å². The number of hydrogen-bond acceptors (Lipinski definition) is 2. The van der Waals surface area contributed by atoms with Crippen molar-refractivity contribution in [3.05, 3.63) is 57.2 Å². The summed E-state index contributed by atoms with van der Waals surface area (Å²) in [6.07, 6.45) is 3.57. The fraction of sp³-hybridized carbons (Fsp3) is 0.154. The van der Waals surface area contributed by atoms with E-state index in [1.165, 1.54) is 5.56 Å². The Labute approximate surface area is 118 Å². The van der Waals surface area contributed by atoms with Crippen molar-refractivity contribution >= 4 is 37.5 Å². The molecule has 0 spiro atoms. The van der Waals surface area contributed by atoms with Crippen LogP contribution in [0.25, 0.3) is 0 Å². The molecular weight excluding hydrogens is 344 g/mol. The third-order valence-corrected chi connectivity index (χ3v) is 3.68. The monoisotopic (exact) mass is 354 g/mol. The quantitative estimate of drug-likeness (QED) is 0.856. The summed E-state index contributed by atoms with van der Waals surface area (Å²) < 4.78 is 2.07. The minimum atomic E-state index is 0.252. The van der Waals surface area contributed by atoms with Crippen LogP contribution in [-0.4, -0.2) is 4.98 Å². The number of nitrogens with one attached hydrogen (secondary N) is 1. The van der Waals surface area contributed by atoms with Crippen LogP contribution in [0, 0.1) is 0 Å². The van der Waals surface area contributed by atoms with Gasteiger partial charge < -0.3 is 5.32 Å². The molecule has 0 saturated carbocycles. The third kappa shape index (κ3) is 3.30. The summed E-state index contributed by atoms with van der Waals surface area (Å²) in [5.74, 6) is 0. The van der Waals surface area contributed by atoms with Gasteiger partial charge in [-0.2, -0.15) is 0 Å². The number of hydrogen-bond donors (Lipinski definition) is 1. The minimum Gasteiger partial charge on any atom is -0.378 e. The Kier molecular flexibility index (Phi) is 4.18. The van der Waals surface area contributed by atoms with Crippen molar-refractivity contribution in [3.8, 4) is 0 Å². The smallest absolute Gasteiger partial charge is 0.0590 e. The molecule has 1 aromatic heterocycles. The molecule has 17 heavy (non-hydrogen) atoms. The Morgan fingerprint density at radius 1 is 1.12 bits per heavy atom. The molecule has 1 heterocycles. The highest BCUT2D eigenvalue weighted by atomic mass is 79.9. The van der Waals surface area contributed by atoms with Crippen molar-refractivity contribution in [3.63, 3.8) is 0 Å². The molecule has 0 amide bonds. The second-order valence-electron chi connectivity index (χ2n) is 3.77. The lowest BCUT2D eigenvalue weighted by Gasteiger charge is -2.16. The normalized spacial score (nSPS) is 12.2. The molecule has 0 saturated heterocycles. The Hall–Kier alpha value is -0.870. The Morgan fingerprint density at radius 3 is 2.47 bits per heavy atom. The predicted octanol–water partition coefficient (Wildman–Crippen LogP) is 4.78. The number of aromatic nitrogens is 1. The van der Waals surface area contributed by atoms with E-state index < -0.39 is 0 Å². The Balaban J connectivity index is 2.14. The summed E-state index contributed by atoms with van der Waals surface area (Å²) in [7, 11) is 0. The molecule has 0 radical (unpaired) electrons. The van der Waals surface area contributed by atoms with Crippen LogP contribution in [0.3, 0.4) is 0 Å². The van der Waals surface area contributed by atoms with Gasteiger partial charge in [0.05, 0.1) is 10.2 Å². The Morgan fingerprint density at radius 2 is 1.82 bits per heavy atom. The van der Waals surface area contributed by atoms with Gasteiger partial charge >= 0.3 is 0 Å². The SMILES string of the molecule is CC(Nc1ccncc1Br)c1ccc(Br)cc1. The van der Waals surface area contributed by atoms with E-state index >= 15 is 0 Å². The zero-order chi connectivity index (χ0) is 12.3. The van der Waals surface area contributed by atoms with E-state index in [4.69, 9.17) is 0 Å². The molecule has 2 rings (SSSR count). The summed E-state index contributed by atoms with van der Waals surface area (Å²) >= 11 is 6.91. The highest BCUT2D eigenvalue weighted by Crippen LogP contribution is 2.25. The first-order valence-electron chi connectivity index (χ1n) is 5.28. The molecule has 0 bridgehead atoms.